The van der Waals surface area contributed by atoms with Crippen molar-refractivity contribution in [2.45, 2.75) is 0 Å². The van der Waals surface area contributed by atoms with E-state index in [4.69, 9.17) is 0 Å². The van der Waals surface area contributed by atoms with E-state index in [1.807, 2.05) is 0 Å². The zero-order chi connectivity index (χ0) is 0. The van der Waals surface area contributed by atoms with Crippen LogP contribution in [0.2, 0.25) is 0 Å². The largest absolute Gasteiger partial charge is 0 e. The van der Waals surface area contributed by atoms with Gasteiger partial charge in [0, 0.05) is 114 Å². The third kappa shape index (κ3) is 25.4. The molecule has 0 heterocycles. The summed E-state index contributed by atoms with van der Waals surface area (Å²) >= 11 is 0. The van der Waals surface area contributed by atoms with E-state index in [0.29, 0.717) is 0 Å². The summed E-state index contributed by atoms with van der Waals surface area (Å²) in [4.78, 5) is 0. The van der Waals surface area contributed by atoms with Crippen molar-refractivity contribution in [2.75, 3.05) is 0 Å². The molecule has 0 bridgehead atoms. The fourth-order valence-electron chi connectivity index (χ4n) is 0. The Morgan fingerprint density at radius 3 is 0.333 bits per heavy atom. The molecule has 0 aromatic carbocycles. The van der Waals surface area contributed by atoms with E-state index in [0.717, 1.165) is 0 Å². The van der Waals surface area contributed by atoms with Crippen LogP contribution < -0.4 is 0 Å². The minimum atomic E-state index is 0. The summed E-state index contributed by atoms with van der Waals surface area (Å²) in [5.41, 5.74) is 0. The van der Waals surface area contributed by atoms with Crippen LogP contribution in [0.15, 0.2) is 0 Å². The molecule has 0 nitrogen and oxygen atoms in total. The molecule has 0 rings (SSSR count). The average molecular weight is 390 g/mol. The van der Waals surface area contributed by atoms with Crippen LogP contribution in [-0.4, -0.2) is 0 Å². The van der Waals surface area contributed by atoms with Crippen molar-refractivity contribution in [2.24, 2.45) is 0 Å². The quantitative estimate of drug-likeness (QED) is 0.511. The Labute approximate surface area is 112 Å². The molecule has 1 radical (unpaired) electrons. The van der Waals surface area contributed by atoms with Crippen molar-refractivity contribution < 1.29 is 114 Å². The van der Waals surface area contributed by atoms with Crippen LogP contribution in [0.4, 0.5) is 0 Å². The number of rotatable bonds is 0. The molecule has 0 aliphatic carbocycles. The Hall–Kier alpha value is 3.64. The van der Waals surface area contributed by atoms with E-state index < -0.39 is 0 Å². The van der Waals surface area contributed by atoms with Gasteiger partial charge >= 0.3 is 0 Å². The zero-order valence-electron chi connectivity index (χ0n) is 3.84. The summed E-state index contributed by atoms with van der Waals surface area (Å²) in [5, 5.41) is 0. The minimum absolute atomic E-state index is 0. The van der Waals surface area contributed by atoms with Crippen molar-refractivity contribution in [1.82, 2.24) is 0 Å². The van der Waals surface area contributed by atoms with Gasteiger partial charge in [-0.3, -0.25) is 0 Å². The van der Waals surface area contributed by atoms with E-state index in [-0.39, 0.29) is 114 Å². The molecule has 0 amide bonds. The molecule has 0 aromatic rings. The van der Waals surface area contributed by atoms with Crippen molar-refractivity contribution >= 4 is 0 Å². The smallest absolute Gasteiger partial charge is 0 e. The molecule has 0 saturated heterocycles. The molecule has 0 aliphatic rings. The molecule has 0 aromatic heterocycles. The maximum absolute atomic E-state index is 0. The summed E-state index contributed by atoms with van der Waals surface area (Å²) in [6.45, 7) is 0. The van der Waals surface area contributed by atoms with Crippen molar-refractivity contribution in [3.8, 4) is 0 Å². The van der Waals surface area contributed by atoms with E-state index in [2.05, 4.69) is 0 Å². The first kappa shape index (κ1) is 54.4. The maximum Gasteiger partial charge on any atom is 0 e. The number of hydrogen-bond acceptors (Lipinski definition) is 0. The Bertz CT molecular complexity index is 3.90. The van der Waals surface area contributed by atoms with Crippen LogP contribution in [-0.2, 0) is 114 Å². The molecular weight excluding hydrogens is 390 g/mol. The summed E-state index contributed by atoms with van der Waals surface area (Å²) in [6.07, 6.45) is 0. The third-order valence-electron chi connectivity index (χ3n) is 0. The number of hydrogen-bond donors (Lipinski definition) is 0. The van der Waals surface area contributed by atoms with Gasteiger partial charge in [0.15, 0.2) is 0 Å². The van der Waals surface area contributed by atoms with Crippen LogP contribution in [0.25, 0.3) is 0 Å². The average Bonchev–Trinajstić information content (AvgIpc) is 0. The molecule has 0 spiro atoms. The Morgan fingerprint density at radius 1 is 0.333 bits per heavy atom. The van der Waals surface area contributed by atoms with Gasteiger partial charge in [-0.15, -0.1) is 0 Å². The first-order valence-corrected chi connectivity index (χ1v) is 0. The van der Waals surface area contributed by atoms with Crippen molar-refractivity contribution in [3.05, 3.63) is 0 Å². The fourth-order valence-corrected chi connectivity index (χ4v) is 0. The molecule has 0 unspecified atom stereocenters. The second-order valence-corrected chi connectivity index (χ2v) is 0. The molecule has 0 N–H and O–H groups in total. The van der Waals surface area contributed by atoms with Gasteiger partial charge in [0.1, 0.15) is 0 Å². The molecular formula is CuZn5. The first-order valence-electron chi connectivity index (χ1n) is 0. The second kappa shape index (κ2) is 38.1. The molecule has 6 heavy (non-hydrogen) atoms. The van der Waals surface area contributed by atoms with Crippen LogP contribution in [0.3, 0.4) is 0 Å². The van der Waals surface area contributed by atoms with Crippen LogP contribution in [0.5, 0.6) is 0 Å². The molecule has 6 heteroatoms. The summed E-state index contributed by atoms with van der Waals surface area (Å²) in [7, 11) is 0. The minimum Gasteiger partial charge on any atom is 0 e. The van der Waals surface area contributed by atoms with Gasteiger partial charge in [-0.25, -0.2) is 0 Å². The summed E-state index contributed by atoms with van der Waals surface area (Å²) in [6, 6.07) is 0. The summed E-state index contributed by atoms with van der Waals surface area (Å²) in [5.74, 6) is 0. The van der Waals surface area contributed by atoms with Crippen molar-refractivity contribution in [1.29, 1.82) is 0 Å². The van der Waals surface area contributed by atoms with Gasteiger partial charge in [0.05, 0.1) is 0 Å². The predicted octanol–water partition coefficient (Wildman–Crippen LogP) is -0.0150. The molecule has 21 valence electrons. The fraction of sp³-hybridized carbons (Fsp3) is 0. The predicted molar refractivity (Wildman–Crippen MR) is 0 cm³/mol. The topological polar surface area (TPSA) is 0 Å². The molecule has 0 atom stereocenters. The Morgan fingerprint density at radius 2 is 0.333 bits per heavy atom. The van der Waals surface area contributed by atoms with Gasteiger partial charge < -0.3 is 0 Å². The van der Waals surface area contributed by atoms with E-state index in [9.17, 15) is 0 Å². The van der Waals surface area contributed by atoms with Gasteiger partial charge in [-0.05, 0) is 0 Å². The van der Waals surface area contributed by atoms with Crippen LogP contribution >= 0.6 is 0 Å². The zero-order valence-corrected chi connectivity index (χ0v) is 19.6. The normalized spacial score (nSPS) is 0. The van der Waals surface area contributed by atoms with Crippen LogP contribution in [0.1, 0.15) is 0 Å². The standard InChI is InChI=1S/Cu.5Zn. The van der Waals surface area contributed by atoms with Gasteiger partial charge in [-0.2, -0.15) is 0 Å². The van der Waals surface area contributed by atoms with Crippen molar-refractivity contribution in [3.63, 3.8) is 0 Å². The van der Waals surface area contributed by atoms with Crippen LogP contribution in [0, 0.1) is 0 Å². The Kier molecular flexibility index (Phi) is 345. The third-order valence-corrected chi connectivity index (χ3v) is 0. The second-order valence-electron chi connectivity index (χ2n) is 0. The van der Waals surface area contributed by atoms with E-state index in [1.54, 1.807) is 0 Å². The maximum atomic E-state index is 0. The molecule has 0 aliphatic heterocycles. The summed E-state index contributed by atoms with van der Waals surface area (Å²) < 4.78 is 0. The van der Waals surface area contributed by atoms with Gasteiger partial charge in [0.25, 0.3) is 0 Å². The monoisotopic (exact) mass is 383 g/mol. The molecule has 0 fully saturated rings. The Balaban J connectivity index is 0. The SMILES string of the molecule is [Cu].[Zn].[Zn].[Zn].[Zn].[Zn]. The van der Waals surface area contributed by atoms with E-state index >= 15 is 0 Å². The first-order chi connectivity index (χ1) is 0. The van der Waals surface area contributed by atoms with E-state index in [1.165, 1.54) is 0 Å². The van der Waals surface area contributed by atoms with Gasteiger partial charge in [-0.1, -0.05) is 0 Å². The molecule has 0 saturated carbocycles. The van der Waals surface area contributed by atoms with Gasteiger partial charge in [0.2, 0.25) is 0 Å².